The van der Waals surface area contributed by atoms with Crippen molar-refractivity contribution in [2.24, 2.45) is 0 Å². The summed E-state index contributed by atoms with van der Waals surface area (Å²) in [6.45, 7) is 10.9. The summed E-state index contributed by atoms with van der Waals surface area (Å²) in [6, 6.07) is 3.42. The molecular formula is C22H24F4O4S. The van der Waals surface area contributed by atoms with E-state index in [1.807, 2.05) is 13.8 Å². The third-order valence-electron chi connectivity index (χ3n) is 5.07. The van der Waals surface area contributed by atoms with Crippen molar-refractivity contribution < 1.29 is 35.3 Å². The lowest BCUT2D eigenvalue weighted by atomic mass is 9.81. The van der Waals surface area contributed by atoms with Crippen LogP contribution < -0.4 is 0 Å². The number of benzene rings is 2. The summed E-state index contributed by atoms with van der Waals surface area (Å²) in [5, 5.41) is 0. The number of carbonyl (C=O) groups excluding carboxylic acids is 1. The second-order valence-electron chi connectivity index (χ2n) is 8.30. The van der Waals surface area contributed by atoms with Crippen LogP contribution in [0, 0.1) is 23.3 Å². The number of halogens is 4. The highest BCUT2D eigenvalue weighted by Crippen LogP contribution is 2.36. The number of ketones is 1. The van der Waals surface area contributed by atoms with Gasteiger partial charge in [0.05, 0.1) is 0 Å². The largest absolute Gasteiger partial charge is 0.300 e. The zero-order chi connectivity index (χ0) is 24.0. The average molecular weight is 460 g/mol. The Morgan fingerprint density at radius 3 is 1.42 bits per heavy atom. The lowest BCUT2D eigenvalue weighted by Crippen LogP contribution is -2.20. The Labute approximate surface area is 179 Å². The third-order valence-corrected chi connectivity index (χ3v) is 5.94. The maximum atomic E-state index is 14.7. The van der Waals surface area contributed by atoms with Gasteiger partial charge in [-0.1, -0.05) is 53.7 Å². The lowest BCUT2D eigenvalue weighted by Gasteiger charge is -2.22. The molecule has 0 saturated heterocycles. The minimum atomic E-state index is -5.62. The lowest BCUT2D eigenvalue weighted by molar-refractivity contribution is 0.102. The van der Waals surface area contributed by atoms with Gasteiger partial charge in [-0.15, -0.1) is 0 Å². The molecule has 2 aromatic rings. The highest BCUT2D eigenvalue weighted by Gasteiger charge is 2.36. The van der Waals surface area contributed by atoms with Gasteiger partial charge in [0.15, 0.2) is 33.9 Å². The first kappa shape index (κ1) is 25.0. The molecule has 2 aromatic carbocycles. The van der Waals surface area contributed by atoms with Gasteiger partial charge in [0, 0.05) is 5.56 Å². The van der Waals surface area contributed by atoms with Gasteiger partial charge >= 0.3 is 10.1 Å². The molecule has 9 heteroatoms. The van der Waals surface area contributed by atoms with E-state index in [4.69, 9.17) is 4.55 Å². The van der Waals surface area contributed by atoms with Gasteiger partial charge < -0.3 is 0 Å². The molecule has 2 rings (SSSR count). The zero-order valence-corrected chi connectivity index (χ0v) is 18.8. The molecule has 0 radical (unpaired) electrons. The Balaban J connectivity index is 2.96. The van der Waals surface area contributed by atoms with Gasteiger partial charge in [0.2, 0.25) is 0 Å². The van der Waals surface area contributed by atoms with E-state index in [0.29, 0.717) is 11.1 Å². The normalized spacial score (nSPS) is 12.3. The molecule has 0 saturated carbocycles. The van der Waals surface area contributed by atoms with Gasteiger partial charge in [-0.25, -0.2) is 17.6 Å². The molecule has 0 atom stereocenters. The first-order chi connectivity index (χ1) is 14.1. The van der Waals surface area contributed by atoms with Crippen LogP contribution in [0.1, 0.15) is 91.9 Å². The summed E-state index contributed by atoms with van der Waals surface area (Å²) in [5.74, 6) is -10.9. The molecule has 0 fully saturated rings. The fourth-order valence-electron chi connectivity index (χ4n) is 3.38. The molecule has 170 valence electrons. The molecule has 4 nitrogen and oxygen atoms in total. The molecule has 1 N–H and O–H groups in total. The van der Waals surface area contributed by atoms with E-state index >= 15 is 0 Å². The summed E-state index contributed by atoms with van der Waals surface area (Å²) in [5.41, 5.74) is 0.120. The summed E-state index contributed by atoms with van der Waals surface area (Å²) in [6.07, 6.45) is 0. The van der Waals surface area contributed by atoms with Crippen molar-refractivity contribution in [1.82, 2.24) is 0 Å². The monoisotopic (exact) mass is 460 g/mol. The van der Waals surface area contributed by atoms with Crippen molar-refractivity contribution in [3.05, 3.63) is 63.2 Å². The number of hydrogen-bond donors (Lipinski definition) is 1. The van der Waals surface area contributed by atoms with Crippen molar-refractivity contribution in [2.45, 2.75) is 64.2 Å². The van der Waals surface area contributed by atoms with E-state index in [9.17, 15) is 30.8 Å². The maximum absolute atomic E-state index is 14.7. The summed E-state index contributed by atoms with van der Waals surface area (Å²) in [4.78, 5) is 11.1. The van der Waals surface area contributed by atoms with Crippen molar-refractivity contribution >= 4 is 15.9 Å². The van der Waals surface area contributed by atoms with Crippen LogP contribution in [0.15, 0.2) is 17.0 Å². The molecule has 0 aliphatic carbocycles. The summed E-state index contributed by atoms with van der Waals surface area (Å²) in [7, 11) is -5.62. The molecule has 0 spiro atoms. The van der Waals surface area contributed by atoms with Gasteiger partial charge in [-0.2, -0.15) is 8.42 Å². The van der Waals surface area contributed by atoms with Crippen molar-refractivity contribution in [1.29, 1.82) is 0 Å². The van der Waals surface area contributed by atoms with Crippen LogP contribution >= 0.6 is 0 Å². The van der Waals surface area contributed by atoms with Gasteiger partial charge in [-0.3, -0.25) is 9.35 Å². The van der Waals surface area contributed by atoms with E-state index in [1.165, 1.54) is 0 Å². The predicted octanol–water partition coefficient (Wildman–Crippen LogP) is 6.09. The molecular weight excluding hydrogens is 436 g/mol. The van der Waals surface area contributed by atoms with Crippen LogP contribution in [0.25, 0.3) is 0 Å². The minimum Gasteiger partial charge on any atom is -0.288 e. The van der Waals surface area contributed by atoms with Crippen LogP contribution in [0.4, 0.5) is 17.6 Å². The van der Waals surface area contributed by atoms with E-state index in [0.717, 1.165) is 5.56 Å². The smallest absolute Gasteiger partial charge is 0.288 e. The van der Waals surface area contributed by atoms with E-state index in [1.54, 1.807) is 39.8 Å². The molecule has 0 heterocycles. The van der Waals surface area contributed by atoms with Crippen molar-refractivity contribution in [3.63, 3.8) is 0 Å². The predicted molar refractivity (Wildman–Crippen MR) is 108 cm³/mol. The third kappa shape index (κ3) is 4.52. The highest BCUT2D eigenvalue weighted by atomic mass is 32.2. The molecule has 0 aliphatic heterocycles. The average Bonchev–Trinajstić information content (AvgIpc) is 2.64. The first-order valence-corrected chi connectivity index (χ1v) is 11.1. The molecule has 0 amide bonds. The highest BCUT2D eigenvalue weighted by molar-refractivity contribution is 7.85. The fraction of sp³-hybridized carbons (Fsp3) is 0.409. The zero-order valence-electron chi connectivity index (χ0n) is 18.0. The van der Waals surface area contributed by atoms with Gasteiger partial charge in [0.1, 0.15) is 5.56 Å². The quantitative estimate of drug-likeness (QED) is 0.245. The van der Waals surface area contributed by atoms with Crippen LogP contribution in [0.3, 0.4) is 0 Å². The molecule has 0 unspecified atom stereocenters. The maximum Gasteiger partial charge on any atom is 0.300 e. The summed E-state index contributed by atoms with van der Waals surface area (Å²) >= 11 is 0. The van der Waals surface area contributed by atoms with E-state index in [2.05, 4.69) is 0 Å². The minimum absolute atomic E-state index is 0.0801. The van der Waals surface area contributed by atoms with Crippen LogP contribution in [0.2, 0.25) is 0 Å². The number of hydrogen-bond acceptors (Lipinski definition) is 3. The fourth-order valence-corrected chi connectivity index (χ4v) is 4.01. The molecule has 0 aliphatic rings. The SMILES string of the molecule is CC(C)c1cc(C(C)C)c(C(=O)c2c(F)c(F)c(S(=O)(=O)O)c(F)c2F)c(C(C)C)c1. The standard InChI is InChI=1S/C22H24F4O4S/c1-9(2)12-7-13(10(3)4)15(14(8-12)11(5)6)21(27)16-17(23)19(25)22(31(28,29)30)20(26)18(16)24/h7-11H,1-6H3,(H,28,29,30). The molecule has 31 heavy (non-hydrogen) atoms. The second-order valence-corrected chi connectivity index (χ2v) is 9.66. The molecule has 0 aromatic heterocycles. The van der Waals surface area contributed by atoms with E-state index < -0.39 is 49.6 Å². The second kappa shape index (κ2) is 8.70. The number of rotatable bonds is 6. The Hall–Kier alpha value is -2.26. The number of carbonyl (C=O) groups is 1. The Morgan fingerprint density at radius 2 is 1.13 bits per heavy atom. The summed E-state index contributed by atoms with van der Waals surface area (Å²) < 4.78 is 89.2. The van der Waals surface area contributed by atoms with Crippen molar-refractivity contribution in [2.75, 3.05) is 0 Å². The van der Waals surface area contributed by atoms with Gasteiger partial charge in [0.25, 0.3) is 0 Å². The first-order valence-electron chi connectivity index (χ1n) is 9.66. The van der Waals surface area contributed by atoms with Gasteiger partial charge in [-0.05, 0) is 34.4 Å². The topological polar surface area (TPSA) is 71.4 Å². The van der Waals surface area contributed by atoms with Crippen LogP contribution in [0.5, 0.6) is 0 Å². The van der Waals surface area contributed by atoms with Crippen molar-refractivity contribution in [3.8, 4) is 0 Å². The molecule has 0 bridgehead atoms. The Kier molecular flexibility index (Phi) is 7.02. The van der Waals surface area contributed by atoms with Crippen LogP contribution in [-0.2, 0) is 10.1 Å². The Morgan fingerprint density at radius 1 is 0.742 bits per heavy atom. The van der Waals surface area contributed by atoms with Crippen LogP contribution in [-0.4, -0.2) is 18.8 Å². The Bertz CT molecular complexity index is 1090. The van der Waals surface area contributed by atoms with E-state index in [-0.39, 0.29) is 23.3 Å².